The van der Waals surface area contributed by atoms with E-state index in [1.54, 1.807) is 37.5 Å². The lowest BCUT2D eigenvalue weighted by atomic mass is 10.2. The molecule has 0 aliphatic carbocycles. The third kappa shape index (κ3) is 4.14. The number of methoxy groups -OCH3 is 2. The van der Waals surface area contributed by atoms with Gasteiger partial charge in [-0.1, -0.05) is 12.1 Å². The Morgan fingerprint density at radius 2 is 2.00 bits per heavy atom. The maximum atomic E-state index is 12.1. The molecule has 0 unspecified atom stereocenters. The van der Waals surface area contributed by atoms with Gasteiger partial charge in [-0.15, -0.1) is 11.3 Å². The summed E-state index contributed by atoms with van der Waals surface area (Å²) in [6.45, 7) is 1.05. The van der Waals surface area contributed by atoms with Crippen molar-refractivity contribution in [3.8, 4) is 11.5 Å². The zero-order valence-corrected chi connectivity index (χ0v) is 13.8. The van der Waals surface area contributed by atoms with Crippen LogP contribution in [-0.4, -0.2) is 32.2 Å². The van der Waals surface area contributed by atoms with Gasteiger partial charge in [0, 0.05) is 18.5 Å². The van der Waals surface area contributed by atoms with Crippen molar-refractivity contribution >= 4 is 17.4 Å². The van der Waals surface area contributed by atoms with Crippen LogP contribution >= 0.6 is 11.3 Å². The standard InChI is InChI=1S/C16H20N2O3S/c1-18(11-13-5-4-8-22-13)16(19)17-10-12-6-7-14(20-2)15(9-12)21-3/h4-9H,10-11H2,1-3H3,(H,17,19). The van der Waals surface area contributed by atoms with Crippen LogP contribution in [0.5, 0.6) is 11.5 Å². The highest BCUT2D eigenvalue weighted by atomic mass is 32.1. The first-order valence-electron chi connectivity index (χ1n) is 6.86. The lowest BCUT2D eigenvalue weighted by molar-refractivity contribution is 0.207. The van der Waals surface area contributed by atoms with Gasteiger partial charge in [0.25, 0.3) is 0 Å². The van der Waals surface area contributed by atoms with Crippen LogP contribution in [0.25, 0.3) is 0 Å². The summed E-state index contributed by atoms with van der Waals surface area (Å²) >= 11 is 1.64. The van der Waals surface area contributed by atoms with Crippen LogP contribution in [-0.2, 0) is 13.1 Å². The van der Waals surface area contributed by atoms with E-state index in [1.165, 1.54) is 0 Å². The van der Waals surface area contributed by atoms with E-state index in [2.05, 4.69) is 5.32 Å². The summed E-state index contributed by atoms with van der Waals surface area (Å²) in [4.78, 5) is 14.9. The third-order valence-electron chi connectivity index (χ3n) is 3.21. The molecular formula is C16H20N2O3S. The number of thiophene rings is 1. The van der Waals surface area contributed by atoms with Crippen LogP contribution in [0.15, 0.2) is 35.7 Å². The number of amides is 2. The smallest absolute Gasteiger partial charge is 0.317 e. The summed E-state index contributed by atoms with van der Waals surface area (Å²) in [5.74, 6) is 1.33. The third-order valence-corrected chi connectivity index (χ3v) is 4.07. The molecule has 0 aliphatic rings. The van der Waals surface area contributed by atoms with Crippen molar-refractivity contribution < 1.29 is 14.3 Å². The van der Waals surface area contributed by atoms with Crippen LogP contribution < -0.4 is 14.8 Å². The molecular weight excluding hydrogens is 300 g/mol. The number of hydrogen-bond donors (Lipinski definition) is 1. The van der Waals surface area contributed by atoms with Gasteiger partial charge in [0.2, 0.25) is 0 Å². The van der Waals surface area contributed by atoms with Gasteiger partial charge in [0.1, 0.15) is 0 Å². The Bertz CT molecular complexity index is 614. The summed E-state index contributed by atoms with van der Waals surface area (Å²) in [5.41, 5.74) is 0.954. The van der Waals surface area contributed by atoms with Crippen LogP contribution in [0.3, 0.4) is 0 Å². The number of nitrogens with zero attached hydrogens (tertiary/aromatic N) is 1. The molecule has 2 aromatic rings. The van der Waals surface area contributed by atoms with E-state index in [9.17, 15) is 4.79 Å². The van der Waals surface area contributed by atoms with E-state index < -0.39 is 0 Å². The van der Waals surface area contributed by atoms with Crippen LogP contribution in [0.2, 0.25) is 0 Å². The Hall–Kier alpha value is -2.21. The van der Waals surface area contributed by atoms with Crippen LogP contribution in [0.1, 0.15) is 10.4 Å². The molecule has 0 radical (unpaired) electrons. The van der Waals surface area contributed by atoms with Crippen molar-refractivity contribution in [2.24, 2.45) is 0 Å². The fraction of sp³-hybridized carbons (Fsp3) is 0.312. The zero-order chi connectivity index (χ0) is 15.9. The van der Waals surface area contributed by atoms with Crippen LogP contribution in [0.4, 0.5) is 4.79 Å². The van der Waals surface area contributed by atoms with Crippen molar-refractivity contribution in [1.82, 2.24) is 10.2 Å². The van der Waals surface area contributed by atoms with Crippen molar-refractivity contribution in [2.75, 3.05) is 21.3 Å². The summed E-state index contributed by atoms with van der Waals surface area (Å²) in [5, 5.41) is 4.90. The Labute approximate surface area is 134 Å². The lowest BCUT2D eigenvalue weighted by Crippen LogP contribution is -2.36. The molecule has 1 heterocycles. The predicted octanol–water partition coefficient (Wildman–Crippen LogP) is 3.11. The number of carbonyl (C=O) groups excluding carboxylic acids is 1. The number of ether oxygens (including phenoxy) is 2. The molecule has 0 saturated carbocycles. The van der Waals surface area contributed by atoms with E-state index in [-0.39, 0.29) is 6.03 Å². The lowest BCUT2D eigenvalue weighted by Gasteiger charge is -2.17. The molecule has 1 N–H and O–H groups in total. The zero-order valence-electron chi connectivity index (χ0n) is 13.0. The topological polar surface area (TPSA) is 50.8 Å². The summed E-state index contributed by atoms with van der Waals surface area (Å²) in [6.07, 6.45) is 0. The first-order valence-corrected chi connectivity index (χ1v) is 7.74. The molecule has 2 rings (SSSR count). The van der Waals surface area contributed by atoms with Crippen molar-refractivity contribution in [1.29, 1.82) is 0 Å². The van der Waals surface area contributed by atoms with Gasteiger partial charge in [-0.2, -0.15) is 0 Å². The molecule has 0 atom stereocenters. The molecule has 0 spiro atoms. The molecule has 6 heteroatoms. The van der Waals surface area contributed by atoms with Gasteiger partial charge >= 0.3 is 6.03 Å². The number of hydrogen-bond acceptors (Lipinski definition) is 4. The molecule has 0 saturated heterocycles. The number of rotatable bonds is 6. The minimum absolute atomic E-state index is 0.108. The number of benzene rings is 1. The number of urea groups is 1. The van der Waals surface area contributed by atoms with E-state index in [0.29, 0.717) is 24.6 Å². The highest BCUT2D eigenvalue weighted by molar-refractivity contribution is 7.09. The van der Waals surface area contributed by atoms with E-state index in [0.717, 1.165) is 10.4 Å². The molecule has 118 valence electrons. The molecule has 1 aromatic heterocycles. The average molecular weight is 320 g/mol. The maximum Gasteiger partial charge on any atom is 0.317 e. The second-order valence-corrected chi connectivity index (χ2v) is 5.82. The van der Waals surface area contributed by atoms with E-state index >= 15 is 0 Å². The van der Waals surface area contributed by atoms with Gasteiger partial charge in [-0.05, 0) is 29.1 Å². The normalized spacial score (nSPS) is 10.1. The summed E-state index contributed by atoms with van der Waals surface area (Å²) in [7, 11) is 4.97. The Balaban J connectivity index is 1.90. The van der Waals surface area contributed by atoms with Gasteiger partial charge in [0.05, 0.1) is 20.8 Å². The molecule has 22 heavy (non-hydrogen) atoms. The van der Waals surface area contributed by atoms with Crippen molar-refractivity contribution in [3.63, 3.8) is 0 Å². The first kappa shape index (κ1) is 16.2. The monoisotopic (exact) mass is 320 g/mol. The minimum Gasteiger partial charge on any atom is -0.493 e. The molecule has 0 bridgehead atoms. The Morgan fingerprint density at radius 1 is 1.23 bits per heavy atom. The van der Waals surface area contributed by atoms with Gasteiger partial charge in [-0.25, -0.2) is 4.79 Å². The fourth-order valence-corrected chi connectivity index (χ4v) is 2.77. The molecule has 1 aromatic carbocycles. The largest absolute Gasteiger partial charge is 0.493 e. The second-order valence-electron chi connectivity index (χ2n) is 4.78. The average Bonchev–Trinajstić information content (AvgIpc) is 3.05. The minimum atomic E-state index is -0.108. The van der Waals surface area contributed by atoms with Crippen LogP contribution in [0, 0.1) is 0 Å². The highest BCUT2D eigenvalue weighted by Crippen LogP contribution is 2.27. The quantitative estimate of drug-likeness (QED) is 0.890. The molecule has 0 fully saturated rings. The summed E-state index contributed by atoms with van der Waals surface area (Å²) in [6, 6.07) is 9.48. The van der Waals surface area contributed by atoms with E-state index in [1.807, 2.05) is 35.7 Å². The van der Waals surface area contributed by atoms with Crippen molar-refractivity contribution in [3.05, 3.63) is 46.2 Å². The highest BCUT2D eigenvalue weighted by Gasteiger charge is 2.10. The maximum absolute atomic E-state index is 12.1. The first-order chi connectivity index (χ1) is 10.6. The molecule has 2 amide bonds. The van der Waals surface area contributed by atoms with Gasteiger partial charge < -0.3 is 19.7 Å². The predicted molar refractivity (Wildman–Crippen MR) is 87.6 cm³/mol. The Kier molecular flexibility index (Phi) is 5.66. The molecule has 5 nitrogen and oxygen atoms in total. The SMILES string of the molecule is COc1ccc(CNC(=O)N(C)Cc2cccs2)cc1OC. The fourth-order valence-electron chi connectivity index (χ4n) is 2.01. The van der Waals surface area contributed by atoms with Gasteiger partial charge in [-0.3, -0.25) is 0 Å². The molecule has 0 aliphatic heterocycles. The Morgan fingerprint density at radius 3 is 2.64 bits per heavy atom. The second kappa shape index (κ2) is 7.70. The summed E-state index contributed by atoms with van der Waals surface area (Å²) < 4.78 is 10.4. The van der Waals surface area contributed by atoms with Gasteiger partial charge in [0.15, 0.2) is 11.5 Å². The number of nitrogens with one attached hydrogen (secondary N) is 1. The van der Waals surface area contributed by atoms with Crippen molar-refractivity contribution in [2.45, 2.75) is 13.1 Å². The number of carbonyl (C=O) groups is 1. The van der Waals surface area contributed by atoms with E-state index in [4.69, 9.17) is 9.47 Å².